The fourth-order valence-corrected chi connectivity index (χ4v) is 3.13. The summed E-state index contributed by atoms with van der Waals surface area (Å²) in [6.45, 7) is 4.10. The molecular weight excluding hydrogens is 266 g/mol. The Morgan fingerprint density at radius 3 is 2.57 bits per heavy atom. The molecule has 2 heterocycles. The van der Waals surface area contributed by atoms with Gasteiger partial charge in [0.1, 0.15) is 11.1 Å². The number of aryl methyl sites for hydroxylation is 1. The van der Waals surface area contributed by atoms with Crippen LogP contribution >= 0.6 is 0 Å². The first-order valence-corrected chi connectivity index (χ1v) is 7.52. The van der Waals surface area contributed by atoms with Crippen molar-refractivity contribution >= 4 is 22.1 Å². The maximum Gasteiger partial charge on any atom is 0.339 e. The lowest BCUT2D eigenvalue weighted by atomic mass is 9.90. The third-order valence-electron chi connectivity index (χ3n) is 4.24. The minimum absolute atomic E-state index is 0.194. The smallest absolute Gasteiger partial charge is 0.339 e. The van der Waals surface area contributed by atoms with E-state index >= 15 is 0 Å². The average molecular weight is 283 g/mol. The van der Waals surface area contributed by atoms with E-state index in [-0.39, 0.29) is 11.5 Å². The van der Waals surface area contributed by atoms with E-state index < -0.39 is 0 Å². The Morgan fingerprint density at radius 1 is 1.05 bits per heavy atom. The Balaban J connectivity index is 2.07. The number of oxazole rings is 1. The van der Waals surface area contributed by atoms with E-state index in [0.717, 1.165) is 53.6 Å². The molecule has 0 radical (unpaired) electrons. The lowest BCUT2D eigenvalue weighted by Gasteiger charge is -2.15. The number of benzene rings is 1. The fraction of sp³-hybridized carbons (Fsp3) is 0.412. The van der Waals surface area contributed by atoms with Crippen LogP contribution in [0.4, 0.5) is 0 Å². The van der Waals surface area contributed by atoms with Gasteiger partial charge in [-0.05, 0) is 37.3 Å². The highest BCUT2D eigenvalue weighted by molar-refractivity contribution is 5.93. The first-order valence-electron chi connectivity index (χ1n) is 7.52. The van der Waals surface area contributed by atoms with Crippen LogP contribution in [0, 0.1) is 0 Å². The van der Waals surface area contributed by atoms with Crippen LogP contribution in [0.2, 0.25) is 0 Å². The molecule has 4 rings (SSSR count). The summed E-state index contributed by atoms with van der Waals surface area (Å²) < 4.78 is 11.2. The van der Waals surface area contributed by atoms with E-state index in [1.165, 1.54) is 0 Å². The van der Waals surface area contributed by atoms with Crippen LogP contribution in [0.15, 0.2) is 25.8 Å². The van der Waals surface area contributed by atoms with Crippen molar-refractivity contribution in [2.45, 2.75) is 45.4 Å². The van der Waals surface area contributed by atoms with Gasteiger partial charge in [0.25, 0.3) is 0 Å². The minimum atomic E-state index is -0.194. The number of hydrogen-bond donors (Lipinski definition) is 0. The zero-order chi connectivity index (χ0) is 14.6. The summed E-state index contributed by atoms with van der Waals surface area (Å²) in [5, 5.41) is 1.01. The van der Waals surface area contributed by atoms with E-state index in [4.69, 9.17) is 8.83 Å². The topological polar surface area (TPSA) is 56.2 Å². The SMILES string of the molecule is CC(C)c1nc2cc3c4c(c(=O)oc3cc2o1)CCCC4. The summed E-state index contributed by atoms with van der Waals surface area (Å²) in [6, 6.07) is 3.81. The fourth-order valence-electron chi connectivity index (χ4n) is 3.13. The highest BCUT2D eigenvalue weighted by Gasteiger charge is 2.19. The van der Waals surface area contributed by atoms with Crippen molar-refractivity contribution in [2.24, 2.45) is 0 Å². The first-order chi connectivity index (χ1) is 10.1. The van der Waals surface area contributed by atoms with Gasteiger partial charge in [-0.25, -0.2) is 9.78 Å². The van der Waals surface area contributed by atoms with Crippen molar-refractivity contribution in [1.82, 2.24) is 4.98 Å². The molecule has 0 fully saturated rings. The molecule has 0 saturated carbocycles. The summed E-state index contributed by atoms with van der Waals surface area (Å²) in [7, 11) is 0. The Hall–Kier alpha value is -2.10. The van der Waals surface area contributed by atoms with Crippen LogP contribution in [-0.2, 0) is 12.8 Å². The molecule has 2 aromatic heterocycles. The average Bonchev–Trinajstić information content (AvgIpc) is 2.89. The Labute approximate surface area is 121 Å². The van der Waals surface area contributed by atoms with Gasteiger partial charge in [-0.15, -0.1) is 0 Å². The highest BCUT2D eigenvalue weighted by Crippen LogP contribution is 2.31. The van der Waals surface area contributed by atoms with Crippen molar-refractivity contribution < 1.29 is 8.83 Å². The molecule has 0 saturated heterocycles. The van der Waals surface area contributed by atoms with E-state index in [0.29, 0.717) is 11.2 Å². The summed E-state index contributed by atoms with van der Waals surface area (Å²) in [5.74, 6) is 0.956. The van der Waals surface area contributed by atoms with Crippen molar-refractivity contribution in [2.75, 3.05) is 0 Å². The maximum atomic E-state index is 12.1. The van der Waals surface area contributed by atoms with Crippen LogP contribution < -0.4 is 5.63 Å². The molecule has 0 spiro atoms. The van der Waals surface area contributed by atoms with Gasteiger partial charge in [-0.1, -0.05) is 13.8 Å². The molecule has 0 unspecified atom stereocenters. The molecule has 1 aliphatic carbocycles. The van der Waals surface area contributed by atoms with Gasteiger partial charge in [0.05, 0.1) is 0 Å². The second-order valence-electron chi connectivity index (χ2n) is 6.08. The number of nitrogens with zero attached hydrogens (tertiary/aromatic N) is 1. The summed E-state index contributed by atoms with van der Waals surface area (Å²) >= 11 is 0. The lowest BCUT2D eigenvalue weighted by Crippen LogP contribution is -2.15. The molecule has 1 aromatic carbocycles. The van der Waals surface area contributed by atoms with Gasteiger partial charge in [0, 0.05) is 22.9 Å². The predicted molar refractivity (Wildman–Crippen MR) is 80.8 cm³/mol. The van der Waals surface area contributed by atoms with Gasteiger partial charge in [0.2, 0.25) is 0 Å². The Morgan fingerprint density at radius 2 is 1.81 bits per heavy atom. The van der Waals surface area contributed by atoms with Crippen molar-refractivity contribution in [3.8, 4) is 0 Å². The maximum absolute atomic E-state index is 12.1. The van der Waals surface area contributed by atoms with Crippen LogP contribution in [0.3, 0.4) is 0 Å². The third-order valence-corrected chi connectivity index (χ3v) is 4.24. The molecular formula is C17H17NO3. The van der Waals surface area contributed by atoms with Gasteiger partial charge in [0.15, 0.2) is 11.5 Å². The summed E-state index contributed by atoms with van der Waals surface area (Å²) in [5.41, 5.74) is 3.93. The van der Waals surface area contributed by atoms with Crippen molar-refractivity contribution in [3.05, 3.63) is 39.6 Å². The number of rotatable bonds is 1. The minimum Gasteiger partial charge on any atom is -0.440 e. The Bertz CT molecular complexity index is 902. The molecule has 0 aliphatic heterocycles. The molecule has 0 amide bonds. The quantitative estimate of drug-likeness (QED) is 0.635. The lowest BCUT2D eigenvalue weighted by molar-refractivity contribution is 0.500. The zero-order valence-corrected chi connectivity index (χ0v) is 12.2. The number of fused-ring (bicyclic) bond motifs is 4. The standard InChI is InChI=1S/C17H17NO3/c1-9(2)16-18-13-7-12-10-5-3-4-6-11(10)17(19)21-14(12)8-15(13)20-16/h7-9H,3-6H2,1-2H3. The van der Waals surface area contributed by atoms with Gasteiger partial charge in [-0.2, -0.15) is 0 Å². The summed E-state index contributed by atoms with van der Waals surface area (Å²) in [6.07, 6.45) is 3.95. The van der Waals surface area contributed by atoms with E-state index in [2.05, 4.69) is 4.98 Å². The number of hydrogen-bond acceptors (Lipinski definition) is 4. The van der Waals surface area contributed by atoms with Crippen LogP contribution in [0.5, 0.6) is 0 Å². The normalized spacial score (nSPS) is 15.0. The largest absolute Gasteiger partial charge is 0.440 e. The second kappa shape index (κ2) is 4.45. The van der Waals surface area contributed by atoms with E-state index in [1.807, 2.05) is 19.9 Å². The third kappa shape index (κ3) is 1.89. The first kappa shape index (κ1) is 12.6. The van der Waals surface area contributed by atoms with Gasteiger partial charge < -0.3 is 8.83 Å². The summed E-state index contributed by atoms with van der Waals surface area (Å²) in [4.78, 5) is 16.7. The van der Waals surface area contributed by atoms with Crippen LogP contribution in [-0.4, -0.2) is 4.98 Å². The zero-order valence-electron chi connectivity index (χ0n) is 12.2. The molecule has 108 valence electrons. The monoisotopic (exact) mass is 283 g/mol. The van der Waals surface area contributed by atoms with Gasteiger partial charge >= 0.3 is 5.63 Å². The van der Waals surface area contributed by atoms with Crippen molar-refractivity contribution in [1.29, 1.82) is 0 Å². The molecule has 0 bridgehead atoms. The second-order valence-corrected chi connectivity index (χ2v) is 6.08. The van der Waals surface area contributed by atoms with Crippen LogP contribution in [0.1, 0.15) is 49.6 Å². The molecule has 0 N–H and O–H groups in total. The van der Waals surface area contributed by atoms with E-state index in [9.17, 15) is 4.79 Å². The van der Waals surface area contributed by atoms with Crippen LogP contribution in [0.25, 0.3) is 22.1 Å². The molecule has 0 atom stereocenters. The predicted octanol–water partition coefficient (Wildman–Crippen LogP) is 3.94. The Kier molecular flexibility index (Phi) is 2.67. The highest BCUT2D eigenvalue weighted by atomic mass is 16.4. The molecule has 4 heteroatoms. The van der Waals surface area contributed by atoms with Crippen molar-refractivity contribution in [3.63, 3.8) is 0 Å². The van der Waals surface area contributed by atoms with E-state index in [1.54, 1.807) is 6.07 Å². The molecule has 4 nitrogen and oxygen atoms in total. The van der Waals surface area contributed by atoms with Gasteiger partial charge in [-0.3, -0.25) is 0 Å². The number of aromatic nitrogens is 1. The molecule has 3 aromatic rings. The molecule has 21 heavy (non-hydrogen) atoms. The molecule has 1 aliphatic rings.